The molecule has 1 fully saturated rings. The van der Waals surface area contributed by atoms with Gasteiger partial charge in [-0.25, -0.2) is 14.8 Å². The molecule has 2 heterocycles. The van der Waals surface area contributed by atoms with Crippen molar-refractivity contribution < 1.29 is 19.0 Å². The molecule has 2 aromatic rings. The molecule has 0 atom stereocenters. The standard InChI is InChI=1S/C24H33ClN4O4/c1-15(2)32-19-10-17(11-20(12-19)33-16(3)4)14-29-8-6-18(7-9-29)26-22-13-21(23(30)31-5)27-24(25)28-22/h10-13,15-16,18H,6-9,14H2,1-5H3,(H,26,27,28). The van der Waals surface area contributed by atoms with Crippen LogP contribution in [0.5, 0.6) is 11.5 Å². The number of rotatable bonds is 9. The van der Waals surface area contributed by atoms with Crippen molar-refractivity contribution in [3.05, 3.63) is 40.8 Å². The highest BCUT2D eigenvalue weighted by molar-refractivity contribution is 6.28. The maximum atomic E-state index is 11.8. The molecule has 1 aromatic heterocycles. The van der Waals surface area contributed by atoms with Crippen molar-refractivity contribution in [3.63, 3.8) is 0 Å². The number of carbonyl (C=O) groups excluding carboxylic acids is 1. The summed E-state index contributed by atoms with van der Waals surface area (Å²) in [6.45, 7) is 10.8. The molecular formula is C24H33ClN4O4. The third-order valence-corrected chi connectivity index (χ3v) is 5.29. The van der Waals surface area contributed by atoms with E-state index in [1.165, 1.54) is 12.7 Å². The first-order valence-electron chi connectivity index (χ1n) is 11.3. The molecule has 0 spiro atoms. The number of aromatic nitrogens is 2. The van der Waals surface area contributed by atoms with Crippen molar-refractivity contribution in [1.82, 2.24) is 14.9 Å². The van der Waals surface area contributed by atoms with Crippen LogP contribution >= 0.6 is 11.6 Å². The summed E-state index contributed by atoms with van der Waals surface area (Å²) in [4.78, 5) is 22.3. The normalized spacial score (nSPS) is 15.0. The molecule has 9 heteroatoms. The van der Waals surface area contributed by atoms with Gasteiger partial charge in [-0.1, -0.05) is 0 Å². The molecule has 0 unspecified atom stereocenters. The van der Waals surface area contributed by atoms with E-state index in [-0.39, 0.29) is 29.2 Å². The Labute approximate surface area is 200 Å². The lowest BCUT2D eigenvalue weighted by atomic mass is 10.0. The number of ether oxygens (including phenoxy) is 3. The predicted molar refractivity (Wildman–Crippen MR) is 128 cm³/mol. The zero-order chi connectivity index (χ0) is 24.0. The molecule has 33 heavy (non-hydrogen) atoms. The van der Waals surface area contributed by atoms with E-state index in [1.54, 1.807) is 6.07 Å². The molecule has 1 saturated heterocycles. The number of nitrogens with zero attached hydrogens (tertiary/aromatic N) is 3. The van der Waals surface area contributed by atoms with E-state index < -0.39 is 5.97 Å². The lowest BCUT2D eigenvalue weighted by Gasteiger charge is -2.32. The van der Waals surface area contributed by atoms with Crippen molar-refractivity contribution in [2.75, 3.05) is 25.5 Å². The van der Waals surface area contributed by atoms with Gasteiger partial charge in [-0.15, -0.1) is 0 Å². The number of hydrogen-bond acceptors (Lipinski definition) is 8. The number of hydrogen-bond donors (Lipinski definition) is 1. The highest BCUT2D eigenvalue weighted by Crippen LogP contribution is 2.27. The van der Waals surface area contributed by atoms with Crippen molar-refractivity contribution in [2.45, 2.75) is 65.3 Å². The zero-order valence-electron chi connectivity index (χ0n) is 19.9. The van der Waals surface area contributed by atoms with Crippen LogP contribution in [-0.4, -0.2) is 59.3 Å². The van der Waals surface area contributed by atoms with Gasteiger partial charge < -0.3 is 19.5 Å². The number of benzene rings is 1. The molecule has 0 aliphatic carbocycles. The average molecular weight is 477 g/mol. The number of anilines is 1. The first kappa shape index (κ1) is 25.1. The molecule has 1 aliphatic heterocycles. The molecule has 1 aromatic carbocycles. The van der Waals surface area contributed by atoms with E-state index in [0.29, 0.717) is 5.82 Å². The number of esters is 1. The summed E-state index contributed by atoms with van der Waals surface area (Å²) in [7, 11) is 1.31. The highest BCUT2D eigenvalue weighted by atomic mass is 35.5. The van der Waals surface area contributed by atoms with Crippen LogP contribution in [0.3, 0.4) is 0 Å². The van der Waals surface area contributed by atoms with Crippen molar-refractivity contribution in [2.24, 2.45) is 0 Å². The Morgan fingerprint density at radius 2 is 1.67 bits per heavy atom. The number of halogens is 1. The van der Waals surface area contributed by atoms with Gasteiger partial charge in [0.25, 0.3) is 0 Å². The van der Waals surface area contributed by atoms with Gasteiger partial charge in [0.15, 0.2) is 5.69 Å². The Balaban J connectivity index is 1.60. The van der Waals surface area contributed by atoms with Crippen LogP contribution < -0.4 is 14.8 Å². The quantitative estimate of drug-likeness (QED) is 0.416. The fourth-order valence-electron chi connectivity index (χ4n) is 3.81. The second-order valence-corrected chi connectivity index (χ2v) is 9.08. The van der Waals surface area contributed by atoms with E-state index in [1.807, 2.05) is 33.8 Å². The van der Waals surface area contributed by atoms with Gasteiger partial charge in [0, 0.05) is 37.8 Å². The van der Waals surface area contributed by atoms with E-state index in [9.17, 15) is 4.79 Å². The minimum absolute atomic E-state index is 0.0146. The number of nitrogens with one attached hydrogen (secondary N) is 1. The number of methoxy groups -OCH3 is 1. The summed E-state index contributed by atoms with van der Waals surface area (Å²) < 4.78 is 16.6. The second kappa shape index (κ2) is 11.5. The Morgan fingerprint density at radius 1 is 1.06 bits per heavy atom. The molecule has 0 bridgehead atoms. The maximum Gasteiger partial charge on any atom is 0.356 e. The Bertz CT molecular complexity index is 918. The van der Waals surface area contributed by atoms with Crippen LogP contribution in [0.1, 0.15) is 56.6 Å². The van der Waals surface area contributed by atoms with Gasteiger partial charge in [0.05, 0.1) is 19.3 Å². The summed E-state index contributed by atoms with van der Waals surface area (Å²) in [5.41, 5.74) is 1.31. The first-order valence-corrected chi connectivity index (χ1v) is 11.7. The van der Waals surface area contributed by atoms with E-state index in [4.69, 9.17) is 25.8 Å². The smallest absolute Gasteiger partial charge is 0.356 e. The lowest BCUT2D eigenvalue weighted by Crippen LogP contribution is -2.38. The summed E-state index contributed by atoms with van der Waals surface area (Å²) in [6.07, 6.45) is 2.08. The molecule has 8 nitrogen and oxygen atoms in total. The second-order valence-electron chi connectivity index (χ2n) is 8.74. The Morgan fingerprint density at radius 3 is 2.21 bits per heavy atom. The van der Waals surface area contributed by atoms with Gasteiger partial charge in [0.2, 0.25) is 5.28 Å². The summed E-state index contributed by atoms with van der Waals surface area (Å²) in [5, 5.41) is 3.39. The Kier molecular flexibility index (Phi) is 8.74. The van der Waals surface area contributed by atoms with E-state index in [2.05, 4.69) is 32.3 Å². The Hall–Kier alpha value is -2.58. The lowest BCUT2D eigenvalue weighted by molar-refractivity contribution is 0.0594. The fraction of sp³-hybridized carbons (Fsp3) is 0.542. The zero-order valence-corrected chi connectivity index (χ0v) is 20.7. The third kappa shape index (κ3) is 7.75. The summed E-state index contributed by atoms with van der Waals surface area (Å²) in [6, 6.07) is 7.94. The van der Waals surface area contributed by atoms with Crippen molar-refractivity contribution >= 4 is 23.4 Å². The monoisotopic (exact) mass is 476 g/mol. The van der Waals surface area contributed by atoms with Gasteiger partial charge >= 0.3 is 5.97 Å². The molecule has 0 radical (unpaired) electrons. The molecule has 1 N–H and O–H groups in total. The van der Waals surface area contributed by atoms with Gasteiger partial charge in [-0.05, 0) is 69.8 Å². The molecule has 3 rings (SSSR count). The van der Waals surface area contributed by atoms with Crippen LogP contribution in [-0.2, 0) is 11.3 Å². The van der Waals surface area contributed by atoms with E-state index in [0.717, 1.165) is 44.0 Å². The number of carbonyl (C=O) groups is 1. The molecular weight excluding hydrogens is 444 g/mol. The molecule has 0 amide bonds. The first-order chi connectivity index (χ1) is 15.7. The van der Waals surface area contributed by atoms with Crippen LogP contribution in [0.2, 0.25) is 5.28 Å². The maximum absolute atomic E-state index is 11.8. The van der Waals surface area contributed by atoms with Crippen LogP contribution in [0, 0.1) is 0 Å². The van der Waals surface area contributed by atoms with Crippen molar-refractivity contribution in [3.8, 4) is 11.5 Å². The minimum atomic E-state index is -0.540. The number of piperidine rings is 1. The van der Waals surface area contributed by atoms with Gasteiger partial charge in [-0.3, -0.25) is 4.90 Å². The van der Waals surface area contributed by atoms with Crippen molar-refractivity contribution in [1.29, 1.82) is 0 Å². The predicted octanol–water partition coefficient (Wildman–Crippen LogP) is 4.57. The minimum Gasteiger partial charge on any atom is -0.491 e. The summed E-state index contributed by atoms with van der Waals surface area (Å²) >= 11 is 5.97. The van der Waals surface area contributed by atoms with Crippen LogP contribution in [0.25, 0.3) is 0 Å². The third-order valence-electron chi connectivity index (χ3n) is 5.12. The topological polar surface area (TPSA) is 85.8 Å². The molecule has 1 aliphatic rings. The fourth-order valence-corrected chi connectivity index (χ4v) is 3.99. The highest BCUT2D eigenvalue weighted by Gasteiger charge is 2.21. The van der Waals surface area contributed by atoms with Gasteiger partial charge in [-0.2, -0.15) is 0 Å². The molecule has 0 saturated carbocycles. The summed E-state index contributed by atoms with van der Waals surface area (Å²) in [5.74, 6) is 1.65. The van der Waals surface area contributed by atoms with Crippen LogP contribution in [0.4, 0.5) is 5.82 Å². The van der Waals surface area contributed by atoms with Gasteiger partial charge in [0.1, 0.15) is 17.3 Å². The number of likely N-dealkylation sites (tertiary alicyclic amines) is 1. The largest absolute Gasteiger partial charge is 0.491 e. The van der Waals surface area contributed by atoms with Crippen LogP contribution in [0.15, 0.2) is 24.3 Å². The average Bonchev–Trinajstić information content (AvgIpc) is 2.73. The molecule has 180 valence electrons. The van der Waals surface area contributed by atoms with E-state index >= 15 is 0 Å². The SMILES string of the molecule is COC(=O)c1cc(NC2CCN(Cc3cc(OC(C)C)cc(OC(C)C)c3)CC2)nc(Cl)n1.